The fourth-order valence-electron chi connectivity index (χ4n) is 1.57. The molecule has 0 fully saturated rings. The molecule has 0 amide bonds. The van der Waals surface area contributed by atoms with Gasteiger partial charge in [0.25, 0.3) is 0 Å². The van der Waals surface area contributed by atoms with E-state index in [1.165, 1.54) is 12.1 Å². The van der Waals surface area contributed by atoms with E-state index < -0.39 is 10.9 Å². The number of non-ortho nitro benzene ring substituents is 1. The number of nitrogens with two attached hydrogens (primary N) is 1. The third kappa shape index (κ3) is 2.10. The Labute approximate surface area is 108 Å². The number of benzene rings is 1. The molecule has 6 nitrogen and oxygen atoms in total. The SMILES string of the molecule is CCOC(=O)c1[se]c2ccc([N+](=O)[O-])cc2c1N. The van der Waals surface area contributed by atoms with Crippen LogP contribution >= 0.6 is 0 Å². The first-order valence-corrected chi connectivity index (χ1v) is 6.89. The molecule has 0 aliphatic heterocycles. The quantitative estimate of drug-likeness (QED) is 0.401. The number of ether oxygens (including phenoxy) is 1. The van der Waals surface area contributed by atoms with Gasteiger partial charge in [-0.1, -0.05) is 0 Å². The molecule has 1 aromatic carbocycles. The summed E-state index contributed by atoms with van der Waals surface area (Å²) in [5.41, 5.74) is 6.13. The number of carbonyl (C=O) groups excluding carboxylic acids is 1. The van der Waals surface area contributed by atoms with Gasteiger partial charge in [-0.15, -0.1) is 0 Å². The molecule has 1 aromatic heterocycles. The van der Waals surface area contributed by atoms with Crippen molar-refractivity contribution in [2.45, 2.75) is 6.92 Å². The van der Waals surface area contributed by atoms with Gasteiger partial charge >= 0.3 is 108 Å². The van der Waals surface area contributed by atoms with E-state index in [1.54, 1.807) is 13.0 Å². The van der Waals surface area contributed by atoms with E-state index >= 15 is 0 Å². The Hall–Kier alpha value is -1.85. The number of fused-ring (bicyclic) bond motifs is 1. The van der Waals surface area contributed by atoms with Gasteiger partial charge in [-0.3, -0.25) is 0 Å². The van der Waals surface area contributed by atoms with Crippen LogP contribution in [-0.2, 0) is 4.74 Å². The molecule has 0 atom stereocenters. The normalized spacial score (nSPS) is 10.5. The fraction of sp³-hybridized carbons (Fsp3) is 0.182. The zero-order valence-corrected chi connectivity index (χ0v) is 11.2. The average molecular weight is 313 g/mol. The topological polar surface area (TPSA) is 95.5 Å². The Morgan fingerprint density at radius 2 is 2.28 bits per heavy atom. The first-order valence-electron chi connectivity index (χ1n) is 5.18. The summed E-state index contributed by atoms with van der Waals surface area (Å²) in [6.07, 6.45) is 0. The van der Waals surface area contributed by atoms with E-state index in [4.69, 9.17) is 10.5 Å². The molecule has 0 aliphatic carbocycles. The Morgan fingerprint density at radius 3 is 2.89 bits per heavy atom. The molecular formula is C11H10N2O4Se. The van der Waals surface area contributed by atoms with Crippen molar-refractivity contribution in [3.05, 3.63) is 32.8 Å². The van der Waals surface area contributed by atoms with Crippen LogP contribution in [0, 0.1) is 10.1 Å². The third-order valence-corrected chi connectivity index (χ3v) is 4.83. The van der Waals surface area contributed by atoms with Gasteiger partial charge in [0.1, 0.15) is 0 Å². The van der Waals surface area contributed by atoms with Crippen molar-refractivity contribution in [1.29, 1.82) is 0 Å². The standard InChI is InChI=1S/C11H10N2O4Se/c1-2-17-11(14)10-9(12)7-5-6(13(15)16)3-4-8(7)18-10/h3-5H,2,12H2,1H3. The Morgan fingerprint density at radius 1 is 1.56 bits per heavy atom. The maximum atomic E-state index is 11.7. The zero-order valence-electron chi connectivity index (χ0n) is 9.50. The predicted octanol–water partition coefficient (Wildman–Crippen LogP) is 1.56. The molecule has 2 rings (SSSR count). The van der Waals surface area contributed by atoms with E-state index in [0.717, 1.165) is 4.26 Å². The molecule has 0 saturated carbocycles. The number of nitro benzene ring substituents is 1. The summed E-state index contributed by atoms with van der Waals surface area (Å²) in [5.74, 6) is -0.436. The minimum absolute atomic E-state index is 0.0300. The molecule has 1 heterocycles. The van der Waals surface area contributed by atoms with Crippen LogP contribution in [-0.4, -0.2) is 32.0 Å². The second-order valence-corrected chi connectivity index (χ2v) is 5.71. The van der Waals surface area contributed by atoms with Crippen molar-refractivity contribution < 1.29 is 14.5 Å². The average Bonchev–Trinajstić information content (AvgIpc) is 2.67. The van der Waals surface area contributed by atoms with Crippen LogP contribution in [0.3, 0.4) is 0 Å². The number of rotatable bonds is 3. The van der Waals surface area contributed by atoms with E-state index in [2.05, 4.69) is 0 Å². The van der Waals surface area contributed by atoms with Gasteiger partial charge in [0.05, 0.1) is 0 Å². The summed E-state index contributed by atoms with van der Waals surface area (Å²) in [6.45, 7) is 2.00. The molecule has 2 N–H and O–H groups in total. The van der Waals surface area contributed by atoms with Gasteiger partial charge < -0.3 is 0 Å². The van der Waals surface area contributed by atoms with Crippen LogP contribution in [0.15, 0.2) is 18.2 Å². The van der Waals surface area contributed by atoms with Gasteiger partial charge in [0.15, 0.2) is 0 Å². The second kappa shape index (κ2) is 4.80. The Balaban J connectivity index is 2.56. The number of nitrogens with zero attached hydrogens (tertiary/aromatic N) is 1. The number of hydrogen-bond donors (Lipinski definition) is 1. The van der Waals surface area contributed by atoms with Crippen LogP contribution < -0.4 is 5.73 Å². The number of hydrogen-bond acceptors (Lipinski definition) is 5. The van der Waals surface area contributed by atoms with Gasteiger partial charge in [0.2, 0.25) is 0 Å². The van der Waals surface area contributed by atoms with E-state index in [-0.39, 0.29) is 26.8 Å². The van der Waals surface area contributed by atoms with Crippen LogP contribution in [0.5, 0.6) is 0 Å². The monoisotopic (exact) mass is 314 g/mol. The number of anilines is 1. The molecule has 0 spiro atoms. The number of nitro groups is 1. The summed E-state index contributed by atoms with van der Waals surface area (Å²) in [7, 11) is 0. The minimum atomic E-state index is -0.483. The van der Waals surface area contributed by atoms with Gasteiger partial charge in [-0.2, -0.15) is 0 Å². The van der Waals surface area contributed by atoms with Crippen molar-refractivity contribution >= 4 is 41.5 Å². The second-order valence-electron chi connectivity index (χ2n) is 3.50. The van der Waals surface area contributed by atoms with Gasteiger partial charge in [0, 0.05) is 0 Å². The van der Waals surface area contributed by atoms with E-state index in [1.807, 2.05) is 0 Å². The summed E-state index contributed by atoms with van der Waals surface area (Å²) in [5, 5.41) is 11.3. The molecule has 0 bridgehead atoms. The van der Waals surface area contributed by atoms with Crippen molar-refractivity contribution in [3.63, 3.8) is 0 Å². The van der Waals surface area contributed by atoms with Crippen molar-refractivity contribution in [3.8, 4) is 0 Å². The third-order valence-electron chi connectivity index (χ3n) is 2.38. The summed E-state index contributed by atoms with van der Waals surface area (Å²) < 4.78 is 6.21. The first-order chi connectivity index (χ1) is 8.54. The molecule has 0 aliphatic rings. The molecular weight excluding hydrogens is 303 g/mol. The number of esters is 1. The molecule has 7 heteroatoms. The predicted molar refractivity (Wildman–Crippen MR) is 67.9 cm³/mol. The van der Waals surface area contributed by atoms with E-state index in [0.29, 0.717) is 15.5 Å². The maximum absolute atomic E-state index is 11.7. The Bertz CT molecular complexity index is 635. The molecule has 0 saturated heterocycles. The summed E-state index contributed by atoms with van der Waals surface area (Å²) in [4.78, 5) is 21.9. The summed E-state index contributed by atoms with van der Waals surface area (Å²) >= 11 is -0.249. The van der Waals surface area contributed by atoms with Crippen molar-refractivity contribution in [1.82, 2.24) is 0 Å². The molecule has 0 unspecified atom stereocenters. The van der Waals surface area contributed by atoms with Crippen molar-refractivity contribution in [2.24, 2.45) is 0 Å². The van der Waals surface area contributed by atoms with Gasteiger partial charge in [-0.05, 0) is 0 Å². The van der Waals surface area contributed by atoms with Crippen LogP contribution in [0.2, 0.25) is 0 Å². The zero-order chi connectivity index (χ0) is 13.3. The van der Waals surface area contributed by atoms with E-state index in [9.17, 15) is 14.9 Å². The van der Waals surface area contributed by atoms with Crippen LogP contribution in [0.1, 0.15) is 16.2 Å². The molecule has 0 radical (unpaired) electrons. The summed E-state index contributed by atoms with van der Waals surface area (Å²) in [6, 6.07) is 4.47. The van der Waals surface area contributed by atoms with Gasteiger partial charge in [-0.25, -0.2) is 0 Å². The number of nitrogen functional groups attached to an aromatic ring is 1. The van der Waals surface area contributed by atoms with Crippen molar-refractivity contribution in [2.75, 3.05) is 12.3 Å². The Kier molecular flexibility index (Phi) is 3.36. The molecule has 18 heavy (non-hydrogen) atoms. The molecule has 94 valence electrons. The van der Waals surface area contributed by atoms with Crippen LogP contribution in [0.4, 0.5) is 11.4 Å². The number of carbonyl (C=O) groups is 1. The molecule has 2 aromatic rings. The van der Waals surface area contributed by atoms with Crippen LogP contribution in [0.25, 0.3) is 9.65 Å². The first kappa shape index (κ1) is 12.6. The fourth-order valence-corrected chi connectivity index (χ4v) is 3.66.